The predicted molar refractivity (Wildman–Crippen MR) is 122 cm³/mol. The van der Waals surface area contributed by atoms with Gasteiger partial charge in [-0.3, -0.25) is 14.7 Å². The summed E-state index contributed by atoms with van der Waals surface area (Å²) in [5.41, 5.74) is 8.01. The molecule has 7 heteroatoms. The van der Waals surface area contributed by atoms with Gasteiger partial charge < -0.3 is 16.4 Å². The van der Waals surface area contributed by atoms with Crippen LogP contribution in [0.5, 0.6) is 0 Å². The lowest BCUT2D eigenvalue weighted by atomic mass is 9.97. The molecule has 0 saturated carbocycles. The van der Waals surface area contributed by atoms with Crippen LogP contribution in [0.4, 0.5) is 0 Å². The quantitative estimate of drug-likeness (QED) is 0.469. The number of hydrogen-bond acceptors (Lipinski definition) is 4. The van der Waals surface area contributed by atoms with Crippen LogP contribution >= 0.6 is 11.8 Å². The fourth-order valence-electron chi connectivity index (χ4n) is 4.18. The summed E-state index contributed by atoms with van der Waals surface area (Å²) >= 11 is 2.05. The molecule has 1 aromatic rings. The van der Waals surface area contributed by atoms with E-state index in [9.17, 15) is 4.79 Å². The SMILES string of the molecule is CN=C(NCc1cccc(CN2CCCC(C(N)=O)C2)c1)NCC1(C)CCCS1. The van der Waals surface area contributed by atoms with E-state index in [4.69, 9.17) is 5.73 Å². The Hall–Kier alpha value is -1.73. The highest BCUT2D eigenvalue weighted by molar-refractivity contribution is 8.00. The van der Waals surface area contributed by atoms with E-state index in [1.54, 1.807) is 0 Å². The number of nitrogens with zero attached hydrogens (tertiary/aromatic N) is 2. The van der Waals surface area contributed by atoms with Gasteiger partial charge in [-0.05, 0) is 56.0 Å². The number of carbonyl (C=O) groups is 1. The van der Waals surface area contributed by atoms with Crippen LogP contribution in [0.3, 0.4) is 0 Å². The van der Waals surface area contributed by atoms with Crippen molar-refractivity contribution in [2.45, 2.75) is 50.4 Å². The number of benzene rings is 1. The molecule has 0 bridgehead atoms. The standard InChI is InChI=1S/C22H35N5OS/c1-22(9-5-11-29-22)16-26-21(24-2)25-13-17-6-3-7-18(12-17)14-27-10-4-8-19(15-27)20(23)28/h3,6-7,12,19H,4-5,8-11,13-16H2,1-2H3,(H2,23,28)(H2,24,25,26). The first-order valence-electron chi connectivity index (χ1n) is 10.7. The van der Waals surface area contributed by atoms with E-state index in [2.05, 4.69) is 63.5 Å². The Morgan fingerprint density at radius 2 is 2.17 bits per heavy atom. The van der Waals surface area contributed by atoms with Gasteiger partial charge in [0.05, 0.1) is 5.92 Å². The predicted octanol–water partition coefficient (Wildman–Crippen LogP) is 2.33. The number of piperidine rings is 1. The summed E-state index contributed by atoms with van der Waals surface area (Å²) in [6.07, 6.45) is 4.52. The van der Waals surface area contributed by atoms with Crippen LogP contribution in [-0.2, 0) is 17.9 Å². The number of guanidine groups is 1. The number of likely N-dealkylation sites (tertiary alicyclic amines) is 1. The zero-order valence-electron chi connectivity index (χ0n) is 17.7. The number of rotatable bonds is 7. The molecule has 29 heavy (non-hydrogen) atoms. The van der Waals surface area contributed by atoms with Crippen LogP contribution < -0.4 is 16.4 Å². The lowest BCUT2D eigenvalue weighted by Gasteiger charge is -2.31. The lowest BCUT2D eigenvalue weighted by molar-refractivity contribution is -0.123. The Morgan fingerprint density at radius 1 is 1.34 bits per heavy atom. The summed E-state index contributed by atoms with van der Waals surface area (Å²) in [6.45, 7) is 6.66. The lowest BCUT2D eigenvalue weighted by Crippen LogP contribution is -2.43. The first-order valence-corrected chi connectivity index (χ1v) is 11.6. The second-order valence-electron chi connectivity index (χ2n) is 8.48. The summed E-state index contributed by atoms with van der Waals surface area (Å²) in [5, 5.41) is 6.92. The van der Waals surface area contributed by atoms with E-state index in [0.29, 0.717) is 4.75 Å². The van der Waals surface area contributed by atoms with Crippen molar-refractivity contribution in [2.24, 2.45) is 16.6 Å². The normalized spacial score (nSPS) is 25.7. The van der Waals surface area contributed by atoms with Crippen molar-refractivity contribution >= 4 is 23.6 Å². The minimum Gasteiger partial charge on any atom is -0.369 e. The molecule has 3 rings (SSSR count). The topological polar surface area (TPSA) is 82.8 Å². The van der Waals surface area contributed by atoms with Crippen molar-refractivity contribution in [3.05, 3.63) is 35.4 Å². The minimum atomic E-state index is -0.170. The van der Waals surface area contributed by atoms with E-state index < -0.39 is 0 Å². The highest BCUT2D eigenvalue weighted by atomic mass is 32.2. The number of primary amides is 1. The first kappa shape index (κ1) is 22.0. The molecule has 2 fully saturated rings. The highest BCUT2D eigenvalue weighted by Crippen LogP contribution is 2.36. The molecule has 6 nitrogen and oxygen atoms in total. The van der Waals surface area contributed by atoms with Gasteiger partial charge in [0.25, 0.3) is 0 Å². The summed E-state index contributed by atoms with van der Waals surface area (Å²) in [7, 11) is 1.82. The van der Waals surface area contributed by atoms with Crippen molar-refractivity contribution in [1.29, 1.82) is 0 Å². The number of hydrogen-bond donors (Lipinski definition) is 3. The molecule has 0 aromatic heterocycles. The average Bonchev–Trinajstić information content (AvgIpc) is 3.15. The maximum Gasteiger partial charge on any atom is 0.221 e. The van der Waals surface area contributed by atoms with Crippen LogP contribution in [0.1, 0.15) is 43.7 Å². The summed E-state index contributed by atoms with van der Waals surface area (Å²) in [4.78, 5) is 18.2. The Labute approximate surface area is 179 Å². The van der Waals surface area contributed by atoms with Crippen LogP contribution in [0, 0.1) is 5.92 Å². The number of amides is 1. The van der Waals surface area contributed by atoms with Crippen molar-refractivity contribution in [2.75, 3.05) is 32.4 Å². The maximum absolute atomic E-state index is 11.5. The van der Waals surface area contributed by atoms with Gasteiger partial charge >= 0.3 is 0 Å². The molecule has 0 radical (unpaired) electrons. The molecule has 0 spiro atoms. The summed E-state index contributed by atoms with van der Waals surface area (Å²) < 4.78 is 0.314. The third-order valence-corrected chi connectivity index (χ3v) is 7.46. The van der Waals surface area contributed by atoms with Gasteiger partial charge in [-0.2, -0.15) is 11.8 Å². The minimum absolute atomic E-state index is 0.0112. The van der Waals surface area contributed by atoms with Crippen molar-refractivity contribution < 1.29 is 4.79 Å². The highest BCUT2D eigenvalue weighted by Gasteiger charge is 2.29. The Kier molecular flexibility index (Phi) is 7.84. The monoisotopic (exact) mass is 417 g/mol. The second kappa shape index (κ2) is 10.3. The van der Waals surface area contributed by atoms with E-state index in [-0.39, 0.29) is 11.8 Å². The van der Waals surface area contributed by atoms with Gasteiger partial charge in [-0.25, -0.2) is 0 Å². The smallest absolute Gasteiger partial charge is 0.221 e. The van der Waals surface area contributed by atoms with Gasteiger partial charge in [0, 0.05) is 38.0 Å². The molecule has 4 N–H and O–H groups in total. The van der Waals surface area contributed by atoms with Gasteiger partial charge in [0.2, 0.25) is 5.91 Å². The third-order valence-electron chi connectivity index (χ3n) is 5.92. The molecule has 1 aromatic carbocycles. The fourth-order valence-corrected chi connectivity index (χ4v) is 5.43. The average molecular weight is 418 g/mol. The van der Waals surface area contributed by atoms with Gasteiger partial charge in [-0.1, -0.05) is 24.3 Å². The van der Waals surface area contributed by atoms with Crippen molar-refractivity contribution in [3.63, 3.8) is 0 Å². The third kappa shape index (κ3) is 6.64. The Morgan fingerprint density at radius 3 is 2.90 bits per heavy atom. The van der Waals surface area contributed by atoms with Crippen LogP contribution in [0.25, 0.3) is 0 Å². The second-order valence-corrected chi connectivity index (χ2v) is 10.2. The molecule has 2 aliphatic rings. The summed E-state index contributed by atoms with van der Waals surface area (Å²) in [6, 6.07) is 8.64. The summed E-state index contributed by atoms with van der Waals surface area (Å²) in [5.74, 6) is 1.93. The van der Waals surface area contributed by atoms with Crippen LogP contribution in [0.15, 0.2) is 29.3 Å². The molecule has 2 atom stereocenters. The number of aliphatic imine (C=N–C) groups is 1. The van der Waals surface area contributed by atoms with Crippen LogP contribution in [0.2, 0.25) is 0 Å². The van der Waals surface area contributed by atoms with E-state index >= 15 is 0 Å². The van der Waals surface area contributed by atoms with Crippen LogP contribution in [-0.4, -0.2) is 53.9 Å². The molecule has 160 valence electrons. The van der Waals surface area contributed by atoms with E-state index in [1.165, 1.54) is 29.7 Å². The van der Waals surface area contributed by atoms with Gasteiger partial charge in [0.15, 0.2) is 5.96 Å². The van der Waals surface area contributed by atoms with Crippen molar-refractivity contribution in [3.8, 4) is 0 Å². The molecule has 2 heterocycles. The van der Waals surface area contributed by atoms with E-state index in [1.807, 2.05) is 7.05 Å². The molecule has 0 aliphatic carbocycles. The molecular formula is C22H35N5OS. The van der Waals surface area contributed by atoms with Gasteiger partial charge in [-0.15, -0.1) is 0 Å². The fraction of sp³-hybridized carbons (Fsp3) is 0.636. The zero-order valence-corrected chi connectivity index (χ0v) is 18.6. The number of thioether (sulfide) groups is 1. The zero-order chi connectivity index (χ0) is 20.7. The molecule has 2 aliphatic heterocycles. The number of nitrogens with two attached hydrogens (primary N) is 1. The molecule has 2 saturated heterocycles. The molecular weight excluding hydrogens is 382 g/mol. The Bertz CT molecular complexity index is 717. The molecule has 2 unspecified atom stereocenters. The van der Waals surface area contributed by atoms with E-state index in [0.717, 1.165) is 51.5 Å². The molecule has 1 amide bonds. The maximum atomic E-state index is 11.5. The van der Waals surface area contributed by atoms with Crippen molar-refractivity contribution in [1.82, 2.24) is 15.5 Å². The van der Waals surface area contributed by atoms with Gasteiger partial charge in [0.1, 0.15) is 0 Å². The first-order chi connectivity index (χ1) is 14.0. The number of carbonyl (C=O) groups excluding carboxylic acids is 1. The number of nitrogens with one attached hydrogen (secondary N) is 2. The Balaban J connectivity index is 1.49. The largest absolute Gasteiger partial charge is 0.369 e.